The lowest BCUT2D eigenvalue weighted by molar-refractivity contribution is -0.143. The molecule has 0 aliphatic carbocycles. The molecule has 2 N–H and O–H groups in total. The second-order valence-corrected chi connectivity index (χ2v) is 9.26. The lowest BCUT2D eigenvalue weighted by Gasteiger charge is -2.35. The number of carbonyl (C=O) groups is 2. The van der Waals surface area contributed by atoms with Crippen molar-refractivity contribution in [3.05, 3.63) is 97.0 Å². The van der Waals surface area contributed by atoms with Gasteiger partial charge in [-0.05, 0) is 76.2 Å². The molecule has 0 spiro atoms. The molecule has 3 aromatic carbocycles. The van der Waals surface area contributed by atoms with Gasteiger partial charge in [-0.15, -0.1) is 0 Å². The lowest BCUT2D eigenvalue weighted by Crippen LogP contribution is -2.42. The van der Waals surface area contributed by atoms with Crippen LogP contribution in [0, 0.1) is 3.57 Å². The summed E-state index contributed by atoms with van der Waals surface area (Å²) in [5, 5.41) is 14.6. The van der Waals surface area contributed by atoms with Gasteiger partial charge in [-0.3, -0.25) is 4.79 Å². The van der Waals surface area contributed by atoms with Crippen LogP contribution in [-0.2, 0) is 4.79 Å². The molecule has 5 nitrogen and oxygen atoms in total. The number of carbonyl (C=O) groups excluding carboxylic acids is 1. The van der Waals surface area contributed by atoms with Crippen LogP contribution < -0.4 is 5.32 Å². The Kier molecular flexibility index (Phi) is 6.41. The van der Waals surface area contributed by atoms with Gasteiger partial charge in [0.15, 0.2) is 6.04 Å². The summed E-state index contributed by atoms with van der Waals surface area (Å²) < 4.78 is 0.884. The van der Waals surface area contributed by atoms with Gasteiger partial charge in [-0.25, -0.2) is 4.79 Å². The number of carboxylic acid groups (broad SMARTS) is 1. The third-order valence-corrected chi connectivity index (χ3v) is 6.40. The smallest absolute Gasteiger partial charge is 0.331 e. The molecule has 1 heterocycles. The van der Waals surface area contributed by atoms with Crippen LogP contribution in [0.2, 0.25) is 10.0 Å². The zero-order chi connectivity index (χ0) is 22.1. The van der Waals surface area contributed by atoms with Crippen LogP contribution in [0.25, 0.3) is 0 Å². The van der Waals surface area contributed by atoms with E-state index >= 15 is 0 Å². The molecular formula is C23H17Cl2IN2O3. The number of hydrogen-bond acceptors (Lipinski definition) is 3. The first-order valence-electron chi connectivity index (χ1n) is 9.45. The molecule has 4 rings (SSSR count). The Morgan fingerprint density at radius 2 is 1.65 bits per heavy atom. The van der Waals surface area contributed by atoms with Gasteiger partial charge in [0, 0.05) is 25.8 Å². The summed E-state index contributed by atoms with van der Waals surface area (Å²) in [5.74, 6) is -1.48. The van der Waals surface area contributed by atoms with Crippen molar-refractivity contribution >= 4 is 63.4 Å². The van der Waals surface area contributed by atoms with Gasteiger partial charge in [-0.2, -0.15) is 0 Å². The summed E-state index contributed by atoms with van der Waals surface area (Å²) in [5.41, 5.74) is 2.36. The molecule has 0 bridgehead atoms. The van der Waals surface area contributed by atoms with Crippen molar-refractivity contribution < 1.29 is 14.7 Å². The minimum atomic E-state index is -1.20. The zero-order valence-corrected chi connectivity index (χ0v) is 19.7. The topological polar surface area (TPSA) is 69.6 Å². The molecule has 1 aliphatic heterocycles. The van der Waals surface area contributed by atoms with Crippen molar-refractivity contribution in [3.8, 4) is 0 Å². The van der Waals surface area contributed by atoms with Crippen LogP contribution in [0.4, 0.5) is 5.69 Å². The van der Waals surface area contributed by atoms with Crippen molar-refractivity contribution in [1.82, 2.24) is 4.90 Å². The van der Waals surface area contributed by atoms with Gasteiger partial charge in [0.25, 0.3) is 5.91 Å². The maximum Gasteiger partial charge on any atom is 0.331 e. The van der Waals surface area contributed by atoms with Gasteiger partial charge in [0.1, 0.15) is 0 Å². The summed E-state index contributed by atoms with van der Waals surface area (Å²) in [6.07, 6.45) is 0. The highest BCUT2D eigenvalue weighted by Gasteiger charge is 2.40. The molecular weight excluding hydrogens is 550 g/mol. The number of carboxylic acids is 1. The van der Waals surface area contributed by atoms with E-state index in [2.05, 4.69) is 27.9 Å². The molecule has 1 aliphatic rings. The Morgan fingerprint density at radius 1 is 1.03 bits per heavy atom. The average Bonchev–Trinajstić information content (AvgIpc) is 2.87. The number of halogens is 3. The summed E-state index contributed by atoms with van der Waals surface area (Å²) in [6.45, 7) is 0.346. The minimum absolute atomic E-state index is 0.346. The SMILES string of the molecule is O=C(O)[C@H](c1ccc(Cl)cc1)N1C(=O)c2cc(I)ccc2NC[C@@H]1c1ccc(Cl)cc1. The molecule has 3 aromatic rings. The van der Waals surface area contributed by atoms with Crippen LogP contribution in [-0.4, -0.2) is 28.4 Å². The molecule has 0 unspecified atom stereocenters. The predicted molar refractivity (Wildman–Crippen MR) is 130 cm³/mol. The number of anilines is 1. The summed E-state index contributed by atoms with van der Waals surface area (Å²) >= 11 is 14.2. The molecule has 0 radical (unpaired) electrons. The van der Waals surface area contributed by atoms with Crippen LogP contribution in [0.15, 0.2) is 66.7 Å². The number of benzene rings is 3. The van der Waals surface area contributed by atoms with Crippen LogP contribution in [0.5, 0.6) is 0 Å². The highest BCUT2D eigenvalue weighted by Crippen LogP contribution is 2.38. The van der Waals surface area contributed by atoms with Crippen molar-refractivity contribution in [2.45, 2.75) is 12.1 Å². The fraction of sp³-hybridized carbons (Fsp3) is 0.130. The number of rotatable bonds is 4. The second-order valence-electron chi connectivity index (χ2n) is 7.14. The highest BCUT2D eigenvalue weighted by atomic mass is 127. The standard InChI is InChI=1S/C23H17Cl2IN2O3/c24-15-5-1-13(2-6-15)20-12-27-19-10-9-17(26)11-18(19)22(29)28(20)21(23(30)31)14-3-7-16(25)8-4-14/h1-11,20-21,27H,12H2,(H,30,31)/t20-,21+/m1/s1. The van der Waals surface area contributed by atoms with E-state index in [9.17, 15) is 14.7 Å². The Hall–Kier alpha value is -2.29. The number of fused-ring (bicyclic) bond motifs is 1. The van der Waals surface area contributed by atoms with Crippen LogP contribution in [0.1, 0.15) is 33.6 Å². The van der Waals surface area contributed by atoms with Crippen LogP contribution in [0.3, 0.4) is 0 Å². The Labute approximate surface area is 203 Å². The van der Waals surface area contributed by atoms with Gasteiger partial charge in [0.2, 0.25) is 0 Å². The molecule has 0 aromatic heterocycles. The Morgan fingerprint density at radius 3 is 2.26 bits per heavy atom. The molecule has 31 heavy (non-hydrogen) atoms. The van der Waals surface area contributed by atoms with Crippen molar-refractivity contribution in [2.24, 2.45) is 0 Å². The average molecular weight is 567 g/mol. The number of aliphatic carboxylic acids is 1. The van der Waals surface area contributed by atoms with E-state index in [4.69, 9.17) is 23.2 Å². The molecule has 2 atom stereocenters. The quantitative estimate of drug-likeness (QED) is 0.378. The maximum atomic E-state index is 13.8. The van der Waals surface area contributed by atoms with E-state index in [1.807, 2.05) is 24.3 Å². The monoisotopic (exact) mass is 566 g/mol. The van der Waals surface area contributed by atoms with Crippen molar-refractivity contribution in [1.29, 1.82) is 0 Å². The summed E-state index contributed by atoms with van der Waals surface area (Å²) in [6, 6.07) is 17.4. The lowest BCUT2D eigenvalue weighted by atomic mass is 9.98. The molecule has 0 saturated carbocycles. The highest BCUT2D eigenvalue weighted by molar-refractivity contribution is 14.1. The van der Waals surface area contributed by atoms with Crippen LogP contribution >= 0.6 is 45.8 Å². The van der Waals surface area contributed by atoms with Gasteiger partial charge < -0.3 is 15.3 Å². The van der Waals surface area contributed by atoms with Gasteiger partial charge in [0.05, 0.1) is 11.6 Å². The minimum Gasteiger partial charge on any atom is -0.479 e. The third kappa shape index (κ3) is 4.51. The molecule has 0 saturated heterocycles. The van der Waals surface area contributed by atoms with Gasteiger partial charge >= 0.3 is 5.97 Å². The van der Waals surface area contributed by atoms with E-state index in [1.165, 1.54) is 4.90 Å². The molecule has 0 fully saturated rings. The number of amides is 1. The Balaban J connectivity index is 1.89. The van der Waals surface area contributed by atoms with E-state index in [-0.39, 0.29) is 5.91 Å². The normalized spacial score (nSPS) is 16.8. The van der Waals surface area contributed by atoms with Crippen molar-refractivity contribution in [2.75, 3.05) is 11.9 Å². The maximum absolute atomic E-state index is 13.8. The number of hydrogen-bond donors (Lipinski definition) is 2. The first kappa shape index (κ1) is 21.9. The first-order valence-corrected chi connectivity index (χ1v) is 11.3. The third-order valence-electron chi connectivity index (χ3n) is 5.22. The van der Waals surface area contributed by atoms with E-state index in [0.29, 0.717) is 33.4 Å². The molecule has 158 valence electrons. The molecule has 1 amide bonds. The first-order chi connectivity index (χ1) is 14.8. The van der Waals surface area contributed by atoms with E-state index in [1.54, 1.807) is 42.5 Å². The number of nitrogens with zero attached hydrogens (tertiary/aromatic N) is 1. The zero-order valence-electron chi connectivity index (χ0n) is 16.1. The summed E-state index contributed by atoms with van der Waals surface area (Å²) in [4.78, 5) is 27.7. The van der Waals surface area contributed by atoms with E-state index < -0.39 is 18.1 Å². The van der Waals surface area contributed by atoms with E-state index in [0.717, 1.165) is 9.13 Å². The Bertz CT molecular complexity index is 1140. The largest absolute Gasteiger partial charge is 0.479 e. The predicted octanol–water partition coefficient (Wildman–Crippen LogP) is 6.03. The second kappa shape index (κ2) is 9.06. The summed E-state index contributed by atoms with van der Waals surface area (Å²) in [7, 11) is 0. The van der Waals surface area contributed by atoms with Gasteiger partial charge in [-0.1, -0.05) is 47.5 Å². The fourth-order valence-corrected chi connectivity index (χ4v) is 4.50. The molecule has 8 heteroatoms. The fourth-order valence-electron chi connectivity index (χ4n) is 3.76. The van der Waals surface area contributed by atoms with Crippen molar-refractivity contribution in [3.63, 3.8) is 0 Å². The number of nitrogens with one attached hydrogen (secondary N) is 1.